The van der Waals surface area contributed by atoms with Gasteiger partial charge in [-0.05, 0) is 36.2 Å². The molecule has 16 heavy (non-hydrogen) atoms. The Morgan fingerprint density at radius 3 is 2.81 bits per heavy atom. The molecule has 0 aliphatic heterocycles. The summed E-state index contributed by atoms with van der Waals surface area (Å²) in [5, 5.41) is 0. The van der Waals surface area contributed by atoms with Crippen LogP contribution in [0.25, 0.3) is 11.1 Å². The molecule has 4 heteroatoms. The molecule has 4 nitrogen and oxygen atoms in total. The van der Waals surface area contributed by atoms with Gasteiger partial charge in [-0.3, -0.25) is 14.8 Å². The Morgan fingerprint density at radius 2 is 2.12 bits per heavy atom. The summed E-state index contributed by atoms with van der Waals surface area (Å²) in [6, 6.07) is 5.52. The van der Waals surface area contributed by atoms with E-state index in [0.717, 1.165) is 16.8 Å². The molecule has 0 unspecified atom stereocenters. The number of hydrogen-bond donors (Lipinski definition) is 1. The molecule has 0 aliphatic carbocycles. The SMILES string of the molecule is Cc1cc(-c2ccncc2C(N)=O)ccn1. The van der Waals surface area contributed by atoms with Crippen LogP contribution >= 0.6 is 0 Å². The maximum absolute atomic E-state index is 11.2. The van der Waals surface area contributed by atoms with Gasteiger partial charge in [0.05, 0.1) is 5.56 Å². The Balaban J connectivity index is 2.60. The molecule has 2 aromatic rings. The van der Waals surface area contributed by atoms with Crippen LogP contribution in [0, 0.1) is 6.92 Å². The number of primary amides is 1. The van der Waals surface area contributed by atoms with Crippen LogP contribution in [0.1, 0.15) is 16.1 Å². The fourth-order valence-electron chi connectivity index (χ4n) is 1.56. The van der Waals surface area contributed by atoms with Crippen LogP contribution in [0.3, 0.4) is 0 Å². The van der Waals surface area contributed by atoms with E-state index in [1.807, 2.05) is 19.1 Å². The quantitative estimate of drug-likeness (QED) is 0.822. The van der Waals surface area contributed by atoms with E-state index in [4.69, 9.17) is 5.73 Å². The van der Waals surface area contributed by atoms with Crippen molar-refractivity contribution >= 4 is 5.91 Å². The van der Waals surface area contributed by atoms with Crippen LogP contribution in [0.15, 0.2) is 36.8 Å². The van der Waals surface area contributed by atoms with Crippen LogP contribution < -0.4 is 5.73 Å². The molecule has 0 saturated heterocycles. The third-order valence-electron chi connectivity index (χ3n) is 2.29. The van der Waals surface area contributed by atoms with E-state index in [-0.39, 0.29) is 0 Å². The summed E-state index contributed by atoms with van der Waals surface area (Å²) in [7, 11) is 0. The summed E-state index contributed by atoms with van der Waals surface area (Å²) >= 11 is 0. The first-order chi connectivity index (χ1) is 7.68. The van der Waals surface area contributed by atoms with Gasteiger partial charge < -0.3 is 5.73 Å². The van der Waals surface area contributed by atoms with E-state index >= 15 is 0 Å². The fourth-order valence-corrected chi connectivity index (χ4v) is 1.56. The lowest BCUT2D eigenvalue weighted by atomic mass is 10.0. The van der Waals surface area contributed by atoms with Gasteiger partial charge in [0.25, 0.3) is 5.91 Å². The van der Waals surface area contributed by atoms with E-state index < -0.39 is 5.91 Å². The third kappa shape index (κ3) is 1.91. The number of carbonyl (C=O) groups is 1. The Morgan fingerprint density at radius 1 is 1.31 bits per heavy atom. The number of pyridine rings is 2. The predicted molar refractivity (Wildman–Crippen MR) is 60.7 cm³/mol. The molecular weight excluding hydrogens is 202 g/mol. The minimum absolute atomic E-state index is 0.424. The highest BCUT2D eigenvalue weighted by atomic mass is 16.1. The Labute approximate surface area is 93.2 Å². The Bertz CT molecular complexity index is 537. The largest absolute Gasteiger partial charge is 0.366 e. The zero-order chi connectivity index (χ0) is 11.5. The van der Waals surface area contributed by atoms with Crippen LogP contribution in [0.5, 0.6) is 0 Å². The van der Waals surface area contributed by atoms with Gasteiger partial charge in [0.2, 0.25) is 0 Å². The normalized spacial score (nSPS) is 10.1. The molecule has 0 fully saturated rings. The highest BCUT2D eigenvalue weighted by Crippen LogP contribution is 2.22. The molecule has 2 rings (SSSR count). The van der Waals surface area contributed by atoms with E-state index in [0.29, 0.717) is 5.56 Å². The van der Waals surface area contributed by atoms with E-state index in [1.54, 1.807) is 18.5 Å². The molecule has 0 bridgehead atoms. The zero-order valence-electron chi connectivity index (χ0n) is 8.84. The molecule has 0 spiro atoms. The van der Waals surface area contributed by atoms with Gasteiger partial charge in [-0.15, -0.1) is 0 Å². The maximum atomic E-state index is 11.2. The molecule has 0 aromatic carbocycles. The van der Waals surface area contributed by atoms with Crippen molar-refractivity contribution in [3.8, 4) is 11.1 Å². The lowest BCUT2D eigenvalue weighted by Gasteiger charge is -2.06. The second-order valence-corrected chi connectivity index (χ2v) is 3.47. The second-order valence-electron chi connectivity index (χ2n) is 3.47. The van der Waals surface area contributed by atoms with Crippen molar-refractivity contribution in [2.24, 2.45) is 5.73 Å². The number of amides is 1. The highest BCUT2D eigenvalue weighted by Gasteiger charge is 2.09. The molecule has 2 aromatic heterocycles. The number of hydrogen-bond acceptors (Lipinski definition) is 3. The fraction of sp³-hybridized carbons (Fsp3) is 0.0833. The molecule has 0 saturated carbocycles. The topological polar surface area (TPSA) is 68.9 Å². The Kier molecular flexibility index (Phi) is 2.64. The van der Waals surface area contributed by atoms with Gasteiger partial charge in [-0.1, -0.05) is 0 Å². The number of carbonyl (C=O) groups excluding carboxylic acids is 1. The summed E-state index contributed by atoms with van der Waals surface area (Å²) < 4.78 is 0. The van der Waals surface area contributed by atoms with Crippen molar-refractivity contribution in [1.29, 1.82) is 0 Å². The first-order valence-electron chi connectivity index (χ1n) is 4.85. The summed E-state index contributed by atoms with van der Waals surface area (Å²) in [5.74, 6) is -0.474. The molecule has 1 amide bonds. The minimum atomic E-state index is -0.474. The molecule has 2 heterocycles. The molecule has 0 aliphatic rings. The van der Waals surface area contributed by atoms with Gasteiger partial charge in [-0.2, -0.15) is 0 Å². The van der Waals surface area contributed by atoms with Crippen molar-refractivity contribution in [2.75, 3.05) is 0 Å². The average Bonchev–Trinajstić information content (AvgIpc) is 2.29. The smallest absolute Gasteiger partial charge is 0.250 e. The van der Waals surface area contributed by atoms with Gasteiger partial charge >= 0.3 is 0 Å². The molecule has 0 atom stereocenters. The second kappa shape index (κ2) is 4.10. The van der Waals surface area contributed by atoms with Gasteiger partial charge in [0, 0.05) is 24.3 Å². The monoisotopic (exact) mass is 213 g/mol. The van der Waals surface area contributed by atoms with Crippen molar-refractivity contribution in [3.05, 3.63) is 48.0 Å². The number of aromatic nitrogens is 2. The van der Waals surface area contributed by atoms with Crippen molar-refractivity contribution in [2.45, 2.75) is 6.92 Å². The zero-order valence-corrected chi connectivity index (χ0v) is 8.84. The molecule has 0 radical (unpaired) electrons. The van der Waals surface area contributed by atoms with E-state index in [1.165, 1.54) is 6.20 Å². The van der Waals surface area contributed by atoms with Gasteiger partial charge in [-0.25, -0.2) is 0 Å². The summed E-state index contributed by atoms with van der Waals surface area (Å²) in [6.45, 7) is 1.90. The van der Waals surface area contributed by atoms with Crippen LogP contribution in [0.4, 0.5) is 0 Å². The lowest BCUT2D eigenvalue weighted by molar-refractivity contribution is 0.100. The summed E-state index contributed by atoms with van der Waals surface area (Å²) in [6.07, 6.45) is 4.82. The summed E-state index contributed by atoms with van der Waals surface area (Å²) in [5.41, 5.74) is 8.32. The van der Waals surface area contributed by atoms with Crippen molar-refractivity contribution < 1.29 is 4.79 Å². The van der Waals surface area contributed by atoms with Crippen LogP contribution in [-0.4, -0.2) is 15.9 Å². The average molecular weight is 213 g/mol. The van der Waals surface area contributed by atoms with Crippen molar-refractivity contribution in [3.63, 3.8) is 0 Å². The van der Waals surface area contributed by atoms with Gasteiger partial charge in [0.15, 0.2) is 0 Å². The standard InChI is InChI=1S/C12H11N3O/c1-8-6-9(2-5-15-8)10-3-4-14-7-11(10)12(13)16/h2-7H,1H3,(H2,13,16). The Hall–Kier alpha value is -2.23. The lowest BCUT2D eigenvalue weighted by Crippen LogP contribution is -2.12. The molecule has 2 N–H and O–H groups in total. The number of rotatable bonds is 2. The summed E-state index contributed by atoms with van der Waals surface area (Å²) in [4.78, 5) is 19.3. The van der Waals surface area contributed by atoms with Gasteiger partial charge in [0.1, 0.15) is 0 Å². The first-order valence-corrected chi connectivity index (χ1v) is 4.85. The highest BCUT2D eigenvalue weighted by molar-refractivity contribution is 5.99. The first kappa shape index (κ1) is 10.3. The van der Waals surface area contributed by atoms with Crippen molar-refractivity contribution in [1.82, 2.24) is 9.97 Å². The third-order valence-corrected chi connectivity index (χ3v) is 2.29. The maximum Gasteiger partial charge on any atom is 0.250 e. The minimum Gasteiger partial charge on any atom is -0.366 e. The molecular formula is C12H11N3O. The van der Waals surface area contributed by atoms with E-state index in [2.05, 4.69) is 9.97 Å². The number of aryl methyl sites for hydroxylation is 1. The van der Waals surface area contributed by atoms with Crippen LogP contribution in [0.2, 0.25) is 0 Å². The predicted octanol–water partition coefficient (Wildman–Crippen LogP) is 1.55. The van der Waals surface area contributed by atoms with Crippen LogP contribution in [-0.2, 0) is 0 Å². The van der Waals surface area contributed by atoms with E-state index in [9.17, 15) is 4.79 Å². The number of nitrogens with zero attached hydrogens (tertiary/aromatic N) is 2. The molecule has 80 valence electrons. The number of nitrogens with two attached hydrogens (primary N) is 1.